The van der Waals surface area contributed by atoms with Crippen molar-refractivity contribution in [3.63, 3.8) is 0 Å². The molecule has 0 N–H and O–H groups in total. The molecule has 0 aliphatic rings. The molecule has 0 aromatic heterocycles. The number of hydrogen-bond donors (Lipinski definition) is 0. The molecule has 0 saturated carbocycles. The van der Waals surface area contributed by atoms with E-state index in [1.54, 1.807) is 55.4 Å². The van der Waals surface area contributed by atoms with Crippen LogP contribution < -0.4 is 0 Å². The van der Waals surface area contributed by atoms with Gasteiger partial charge in [-0.2, -0.15) is 19.6 Å². The van der Waals surface area contributed by atoms with Gasteiger partial charge in [0, 0.05) is 11.1 Å². The minimum atomic E-state index is -1.21. The van der Waals surface area contributed by atoms with Gasteiger partial charge in [0.15, 0.2) is 5.78 Å². The van der Waals surface area contributed by atoms with E-state index in [2.05, 4.69) is 0 Å². The molecular formula is C49H74O13. The van der Waals surface area contributed by atoms with E-state index >= 15 is 0 Å². The Morgan fingerprint density at radius 3 is 0.774 bits per heavy atom. The minimum absolute atomic E-state index is 0.198. The van der Waals surface area contributed by atoms with E-state index < -0.39 is 85.4 Å². The van der Waals surface area contributed by atoms with Crippen molar-refractivity contribution in [2.45, 2.75) is 187 Å². The molecule has 348 valence electrons. The van der Waals surface area contributed by atoms with Crippen LogP contribution in [0.4, 0.5) is 0 Å². The maximum atomic E-state index is 14.9. The first-order valence-corrected chi connectivity index (χ1v) is 21.1. The first-order valence-electron chi connectivity index (χ1n) is 21.1. The molecule has 2 rings (SSSR count). The van der Waals surface area contributed by atoms with Crippen molar-refractivity contribution in [1.29, 1.82) is 0 Å². The maximum Gasteiger partial charge on any atom is 0.374 e. The molecular weight excluding hydrogens is 797 g/mol. The third-order valence-electron chi connectivity index (χ3n) is 8.66. The van der Waals surface area contributed by atoms with Crippen LogP contribution in [0.5, 0.6) is 0 Å². The summed E-state index contributed by atoms with van der Waals surface area (Å²) in [5.41, 5.74) is -7.42. The topological polar surface area (TPSA) is 159 Å². The average Bonchev–Trinajstić information content (AvgIpc) is 3.06. The molecule has 0 spiro atoms. The Labute approximate surface area is 369 Å². The quantitative estimate of drug-likeness (QED) is 0.0792. The Balaban J connectivity index is 2.84. The summed E-state index contributed by atoms with van der Waals surface area (Å²) >= 11 is 0. The fourth-order valence-corrected chi connectivity index (χ4v) is 8.41. The molecule has 0 radical (unpaired) electrons. The lowest BCUT2D eigenvalue weighted by molar-refractivity contribution is -0.313. The lowest BCUT2D eigenvalue weighted by Crippen LogP contribution is -2.33. The largest absolute Gasteiger partial charge is 0.374 e. The van der Waals surface area contributed by atoms with Crippen LogP contribution >= 0.6 is 0 Å². The van der Waals surface area contributed by atoms with Gasteiger partial charge in [-0.3, -0.25) is 24.3 Å². The molecule has 62 heavy (non-hydrogen) atoms. The van der Waals surface area contributed by atoms with Gasteiger partial charge in [0.05, 0.1) is 22.3 Å². The Hall–Kier alpha value is -4.17. The highest BCUT2D eigenvalue weighted by atomic mass is 17.2. The SMILES string of the molecule is CC(C)(C)CC(C)(C)OOC(=O)c1cccc(C(=O)c2cccc(C(=O)OOC(C)(C)CC(C)(C)C)c2C(=O)OOC(C)(C)CC(C)(C)C)c1C(=O)OOC(C)(C)CC(C)(C)C. The van der Waals surface area contributed by atoms with E-state index in [-0.39, 0.29) is 21.7 Å². The number of rotatable bonds is 18. The highest BCUT2D eigenvalue weighted by molar-refractivity contribution is 6.21. The molecule has 0 unspecified atom stereocenters. The molecule has 0 amide bonds. The number of carbonyl (C=O) groups excluding carboxylic acids is 5. The van der Waals surface area contributed by atoms with Crippen LogP contribution in [0.1, 0.15) is 222 Å². The van der Waals surface area contributed by atoms with Crippen molar-refractivity contribution in [1.82, 2.24) is 0 Å². The number of benzene rings is 2. The summed E-state index contributed by atoms with van der Waals surface area (Å²) in [5.74, 6) is -5.61. The summed E-state index contributed by atoms with van der Waals surface area (Å²) in [5, 5.41) is 0. The van der Waals surface area contributed by atoms with E-state index in [0.717, 1.165) is 0 Å². The van der Waals surface area contributed by atoms with Crippen LogP contribution in [0.3, 0.4) is 0 Å². The molecule has 0 saturated heterocycles. The summed E-state index contributed by atoms with van der Waals surface area (Å²) in [4.78, 5) is 115. The van der Waals surface area contributed by atoms with E-state index in [1.165, 1.54) is 36.4 Å². The van der Waals surface area contributed by atoms with Gasteiger partial charge in [0.2, 0.25) is 0 Å². The molecule has 0 bridgehead atoms. The van der Waals surface area contributed by atoms with Gasteiger partial charge in [0.25, 0.3) is 0 Å². The highest BCUT2D eigenvalue weighted by Gasteiger charge is 2.38. The van der Waals surface area contributed by atoms with Gasteiger partial charge in [-0.25, -0.2) is 19.2 Å². The summed E-state index contributed by atoms with van der Waals surface area (Å²) < 4.78 is 0. The molecule has 0 aliphatic carbocycles. The lowest BCUT2D eigenvalue weighted by Gasteiger charge is -2.31. The Bertz CT molecular complexity index is 1790. The van der Waals surface area contributed by atoms with E-state index in [4.69, 9.17) is 39.1 Å². The smallest absolute Gasteiger partial charge is 0.292 e. The lowest BCUT2D eigenvalue weighted by atomic mass is 9.84. The van der Waals surface area contributed by atoms with E-state index in [1.807, 2.05) is 83.1 Å². The number of hydrogen-bond acceptors (Lipinski definition) is 13. The predicted molar refractivity (Wildman–Crippen MR) is 235 cm³/mol. The summed E-state index contributed by atoms with van der Waals surface area (Å²) in [6.45, 7) is 37.8. The molecule has 0 fully saturated rings. The van der Waals surface area contributed by atoms with E-state index in [0.29, 0.717) is 25.7 Å². The Kier molecular flexibility index (Phi) is 17.1. The molecule has 0 atom stereocenters. The minimum Gasteiger partial charge on any atom is -0.292 e. The van der Waals surface area contributed by atoms with Crippen molar-refractivity contribution >= 4 is 29.7 Å². The monoisotopic (exact) mass is 871 g/mol. The second kappa shape index (κ2) is 19.7. The zero-order chi connectivity index (χ0) is 48.1. The normalized spacial score (nSPS) is 13.4. The van der Waals surface area contributed by atoms with Crippen LogP contribution in [0.15, 0.2) is 36.4 Å². The second-order valence-electron chi connectivity index (χ2n) is 23.6. The van der Waals surface area contributed by atoms with Crippen LogP contribution in [-0.2, 0) is 39.1 Å². The maximum absolute atomic E-state index is 14.9. The first kappa shape index (κ1) is 54.0. The number of carbonyl (C=O) groups is 5. The standard InChI is InChI=1S/C49H74O13/c1-42(2,3)27-46(13,14)59-55-38(51)33-25-21-23-31(35(33)40(53)57-61-48(17,18)29-44(7,8)9)37(50)32-24-22-26-34(39(52)56-60-47(15,16)28-43(4,5)6)36(32)41(54)58-62-49(19,20)30-45(10,11)12/h21-26H,27-30H2,1-20H3. The van der Waals surface area contributed by atoms with Gasteiger partial charge < -0.3 is 0 Å². The number of ketones is 1. The predicted octanol–water partition coefficient (Wildman–Crippen LogP) is 12.1. The molecule has 0 aliphatic heterocycles. The van der Waals surface area contributed by atoms with Gasteiger partial charge in [-0.15, -0.1) is 0 Å². The Morgan fingerprint density at radius 1 is 0.339 bits per heavy atom. The van der Waals surface area contributed by atoms with Crippen LogP contribution in [0.2, 0.25) is 0 Å². The van der Waals surface area contributed by atoms with Gasteiger partial charge >= 0.3 is 23.9 Å². The summed E-state index contributed by atoms with van der Waals surface area (Å²) in [7, 11) is 0. The van der Waals surface area contributed by atoms with E-state index in [9.17, 15) is 24.0 Å². The molecule has 13 heteroatoms. The highest BCUT2D eigenvalue weighted by Crippen LogP contribution is 2.35. The zero-order valence-electron chi connectivity index (χ0n) is 41.1. The van der Waals surface area contributed by atoms with Crippen molar-refractivity contribution in [2.75, 3.05) is 0 Å². The first-order chi connectivity index (χ1) is 27.7. The van der Waals surface area contributed by atoms with Crippen LogP contribution in [0, 0.1) is 21.7 Å². The molecule has 13 nitrogen and oxygen atoms in total. The fourth-order valence-electron chi connectivity index (χ4n) is 8.41. The van der Waals surface area contributed by atoms with Crippen molar-refractivity contribution in [3.8, 4) is 0 Å². The van der Waals surface area contributed by atoms with Gasteiger partial charge in [-0.1, -0.05) is 107 Å². The molecule has 0 heterocycles. The summed E-state index contributed by atoms with van der Waals surface area (Å²) in [6.07, 6.45) is 1.90. The zero-order valence-corrected chi connectivity index (χ0v) is 41.1. The van der Waals surface area contributed by atoms with Gasteiger partial charge in [0.1, 0.15) is 22.4 Å². The fraction of sp³-hybridized carbons (Fsp3) is 0.653. The average molecular weight is 871 g/mol. The third kappa shape index (κ3) is 18.3. The second-order valence-corrected chi connectivity index (χ2v) is 23.6. The van der Waals surface area contributed by atoms with Crippen molar-refractivity contribution < 1.29 is 63.1 Å². The van der Waals surface area contributed by atoms with Crippen LogP contribution in [0.25, 0.3) is 0 Å². The summed E-state index contributed by atoms with van der Waals surface area (Å²) in [6, 6.07) is 7.76. The molecule has 2 aromatic rings. The third-order valence-corrected chi connectivity index (χ3v) is 8.66. The van der Waals surface area contributed by atoms with Gasteiger partial charge in [-0.05, 0) is 115 Å². The Morgan fingerprint density at radius 2 is 0.548 bits per heavy atom. The van der Waals surface area contributed by atoms with Crippen LogP contribution in [-0.4, -0.2) is 52.1 Å². The van der Waals surface area contributed by atoms with Crippen molar-refractivity contribution in [2.24, 2.45) is 21.7 Å². The van der Waals surface area contributed by atoms with Crippen molar-refractivity contribution in [3.05, 3.63) is 69.8 Å². The molecule has 2 aromatic carbocycles.